The molecule has 2 nitrogen and oxygen atoms in total. The highest BCUT2D eigenvalue weighted by Gasteiger charge is 2.31. The lowest BCUT2D eigenvalue weighted by Crippen LogP contribution is -2.11. The van der Waals surface area contributed by atoms with Gasteiger partial charge in [0.25, 0.3) is 0 Å². The number of ketones is 1. The number of carbonyl (C=O) groups excluding carboxylic acids is 1. The van der Waals surface area contributed by atoms with Crippen molar-refractivity contribution in [3.05, 3.63) is 70.8 Å². The third-order valence-electron chi connectivity index (χ3n) is 3.47. The monoisotopic (exact) mass is 343 g/mol. The lowest BCUT2D eigenvalue weighted by Gasteiger charge is -2.11. The summed E-state index contributed by atoms with van der Waals surface area (Å²) in [6, 6.07) is 10.9. The van der Waals surface area contributed by atoms with Gasteiger partial charge in [0.15, 0.2) is 5.78 Å². The molecule has 0 aromatic heterocycles. The first-order chi connectivity index (χ1) is 10.3. The molecule has 2 aromatic carbocycles. The van der Waals surface area contributed by atoms with Crippen LogP contribution < -0.4 is 5.73 Å². The van der Waals surface area contributed by atoms with E-state index in [-0.39, 0.29) is 24.0 Å². The Kier molecular flexibility index (Phi) is 6.36. The van der Waals surface area contributed by atoms with E-state index in [0.717, 1.165) is 17.7 Å². The van der Waals surface area contributed by atoms with Crippen LogP contribution in [-0.2, 0) is 6.18 Å². The zero-order valence-electron chi connectivity index (χ0n) is 12.4. The van der Waals surface area contributed by atoms with Crippen molar-refractivity contribution in [2.75, 3.05) is 0 Å². The van der Waals surface area contributed by atoms with Gasteiger partial charge in [-0.2, -0.15) is 13.2 Å². The number of alkyl halides is 3. The highest BCUT2D eigenvalue weighted by Crippen LogP contribution is 2.30. The topological polar surface area (TPSA) is 43.1 Å². The van der Waals surface area contributed by atoms with Crippen LogP contribution >= 0.6 is 12.4 Å². The second-order valence-electron chi connectivity index (χ2n) is 5.05. The normalized spacial score (nSPS) is 12.4. The van der Waals surface area contributed by atoms with Crippen LogP contribution in [-0.4, -0.2) is 5.78 Å². The number of rotatable bonds is 4. The van der Waals surface area contributed by atoms with Gasteiger partial charge >= 0.3 is 6.18 Å². The van der Waals surface area contributed by atoms with Crippen molar-refractivity contribution < 1.29 is 18.0 Å². The third kappa shape index (κ3) is 4.56. The highest BCUT2D eigenvalue weighted by molar-refractivity contribution is 6.09. The van der Waals surface area contributed by atoms with E-state index in [4.69, 9.17) is 5.73 Å². The molecule has 0 spiro atoms. The Balaban J connectivity index is 0.00000264. The number of hydrogen-bond donors (Lipinski definition) is 1. The van der Waals surface area contributed by atoms with Crippen molar-refractivity contribution in [2.24, 2.45) is 5.73 Å². The quantitative estimate of drug-likeness (QED) is 0.813. The first kappa shape index (κ1) is 19.2. The molecule has 23 heavy (non-hydrogen) atoms. The van der Waals surface area contributed by atoms with E-state index in [9.17, 15) is 18.0 Å². The minimum absolute atomic E-state index is 0. The molecule has 2 rings (SSSR count). The van der Waals surface area contributed by atoms with Crippen molar-refractivity contribution in [1.29, 1.82) is 0 Å². The molecule has 0 saturated heterocycles. The maximum absolute atomic E-state index is 12.7. The summed E-state index contributed by atoms with van der Waals surface area (Å²) in [6.45, 7) is 1.92. The Hall–Kier alpha value is -1.85. The molecule has 2 N–H and O–H groups in total. The molecule has 0 aliphatic carbocycles. The second-order valence-corrected chi connectivity index (χ2v) is 5.05. The zero-order chi connectivity index (χ0) is 16.3. The second kappa shape index (κ2) is 7.62. The van der Waals surface area contributed by atoms with E-state index >= 15 is 0 Å². The molecule has 0 bridgehead atoms. The Morgan fingerprint density at radius 1 is 1.09 bits per heavy atom. The van der Waals surface area contributed by atoms with Crippen LogP contribution in [0.25, 0.3) is 0 Å². The molecular weight excluding hydrogens is 327 g/mol. The molecule has 0 radical (unpaired) electrons. The van der Waals surface area contributed by atoms with Crippen LogP contribution in [0, 0.1) is 0 Å². The predicted octanol–water partition coefficient (Wildman–Crippen LogP) is 4.77. The minimum atomic E-state index is -4.47. The van der Waals surface area contributed by atoms with Crippen molar-refractivity contribution in [3.8, 4) is 0 Å². The summed E-state index contributed by atoms with van der Waals surface area (Å²) in [5.74, 6) is -0.448. The van der Waals surface area contributed by atoms with Gasteiger partial charge in [0.2, 0.25) is 0 Å². The molecule has 1 atom stereocenters. The van der Waals surface area contributed by atoms with Crippen molar-refractivity contribution in [1.82, 2.24) is 0 Å². The number of benzene rings is 2. The van der Waals surface area contributed by atoms with Gasteiger partial charge < -0.3 is 5.73 Å². The fourth-order valence-corrected chi connectivity index (χ4v) is 2.15. The Labute approximate surface area is 138 Å². The average Bonchev–Trinajstić information content (AvgIpc) is 2.53. The number of carbonyl (C=O) groups is 1. The van der Waals surface area contributed by atoms with E-state index in [0.29, 0.717) is 12.0 Å². The lowest BCUT2D eigenvalue weighted by molar-refractivity contribution is -0.137. The SMILES string of the molecule is CC[C@@H](N)c1cccc(C(=O)c2cccc(C(F)(F)F)c2)c1.Cl. The third-order valence-corrected chi connectivity index (χ3v) is 3.47. The first-order valence-electron chi connectivity index (χ1n) is 6.90. The molecule has 0 saturated carbocycles. The van der Waals surface area contributed by atoms with Crippen LogP contribution in [0.4, 0.5) is 13.2 Å². The van der Waals surface area contributed by atoms with Gasteiger partial charge in [-0.1, -0.05) is 37.3 Å². The Morgan fingerprint density at radius 3 is 2.22 bits per heavy atom. The van der Waals surface area contributed by atoms with Crippen LogP contribution in [0.3, 0.4) is 0 Å². The summed E-state index contributed by atoms with van der Waals surface area (Å²) < 4.78 is 38.2. The molecule has 124 valence electrons. The van der Waals surface area contributed by atoms with Gasteiger partial charge in [-0.3, -0.25) is 4.79 Å². The number of nitrogens with two attached hydrogens (primary N) is 1. The average molecular weight is 344 g/mol. The Bertz CT molecular complexity index is 686. The van der Waals surface area contributed by atoms with Gasteiger partial charge in [-0.15, -0.1) is 12.4 Å². The van der Waals surface area contributed by atoms with Crippen molar-refractivity contribution in [2.45, 2.75) is 25.6 Å². The largest absolute Gasteiger partial charge is 0.416 e. The van der Waals surface area contributed by atoms with E-state index in [1.807, 2.05) is 6.92 Å². The van der Waals surface area contributed by atoms with Crippen LogP contribution in [0.5, 0.6) is 0 Å². The lowest BCUT2D eigenvalue weighted by atomic mass is 9.97. The minimum Gasteiger partial charge on any atom is -0.324 e. The van der Waals surface area contributed by atoms with E-state index in [2.05, 4.69) is 0 Å². The van der Waals surface area contributed by atoms with Crippen molar-refractivity contribution >= 4 is 18.2 Å². The van der Waals surface area contributed by atoms with Crippen LogP contribution in [0.15, 0.2) is 48.5 Å². The van der Waals surface area contributed by atoms with Gasteiger partial charge in [0.1, 0.15) is 0 Å². The van der Waals surface area contributed by atoms with Gasteiger partial charge in [0, 0.05) is 17.2 Å². The smallest absolute Gasteiger partial charge is 0.324 e. The molecule has 6 heteroatoms. The highest BCUT2D eigenvalue weighted by atomic mass is 35.5. The maximum atomic E-state index is 12.7. The molecule has 2 aromatic rings. The number of hydrogen-bond acceptors (Lipinski definition) is 2. The predicted molar refractivity (Wildman–Crippen MR) is 85.8 cm³/mol. The fourth-order valence-electron chi connectivity index (χ4n) is 2.15. The van der Waals surface area contributed by atoms with Gasteiger partial charge in [-0.25, -0.2) is 0 Å². The summed E-state index contributed by atoms with van der Waals surface area (Å²) in [5.41, 5.74) is 6.23. The first-order valence-corrected chi connectivity index (χ1v) is 6.90. The van der Waals surface area contributed by atoms with Gasteiger partial charge in [-0.05, 0) is 30.2 Å². The molecule has 0 aliphatic heterocycles. The summed E-state index contributed by atoms with van der Waals surface area (Å²) in [6.07, 6.45) is -3.76. The standard InChI is InChI=1S/C17H16F3NO.ClH/c1-2-15(21)11-5-3-6-12(9-11)16(22)13-7-4-8-14(10-13)17(18,19)20;/h3-10,15H,2,21H2,1H3;1H/t15-;/m1./s1. The maximum Gasteiger partial charge on any atom is 0.416 e. The summed E-state index contributed by atoms with van der Waals surface area (Å²) in [7, 11) is 0. The number of halogens is 4. The van der Waals surface area contributed by atoms with Gasteiger partial charge in [0.05, 0.1) is 5.56 Å². The van der Waals surface area contributed by atoms with Crippen molar-refractivity contribution in [3.63, 3.8) is 0 Å². The molecule has 0 fully saturated rings. The molecule has 0 unspecified atom stereocenters. The molecule has 0 heterocycles. The fraction of sp³-hybridized carbons (Fsp3) is 0.235. The molecule has 0 aliphatic rings. The zero-order valence-corrected chi connectivity index (χ0v) is 13.2. The summed E-state index contributed by atoms with van der Waals surface area (Å²) in [5, 5.41) is 0. The molecule has 0 amide bonds. The summed E-state index contributed by atoms with van der Waals surface area (Å²) >= 11 is 0. The molecular formula is C17H17ClF3NO. The van der Waals surface area contributed by atoms with Crippen LogP contribution in [0.2, 0.25) is 0 Å². The Morgan fingerprint density at radius 2 is 1.65 bits per heavy atom. The van der Waals surface area contributed by atoms with E-state index < -0.39 is 17.5 Å². The van der Waals surface area contributed by atoms with E-state index in [1.54, 1.807) is 24.3 Å². The van der Waals surface area contributed by atoms with Crippen LogP contribution in [0.1, 0.15) is 46.4 Å². The van der Waals surface area contributed by atoms with E-state index in [1.165, 1.54) is 12.1 Å². The summed E-state index contributed by atoms with van der Waals surface area (Å²) in [4.78, 5) is 12.4.